The zero-order valence-electron chi connectivity index (χ0n) is 9.11. The van der Waals surface area contributed by atoms with Crippen LogP contribution in [-0.4, -0.2) is 6.04 Å². The van der Waals surface area contributed by atoms with E-state index in [1.165, 1.54) is 38.5 Å². The maximum Gasteiger partial charge on any atom is 0.0445 e. The first-order valence-corrected chi connectivity index (χ1v) is 7.11. The van der Waals surface area contributed by atoms with Gasteiger partial charge in [0.05, 0.1) is 0 Å². The Morgan fingerprint density at radius 3 is 2.60 bits per heavy atom. The smallest absolute Gasteiger partial charge is 0.0445 e. The van der Waals surface area contributed by atoms with Crippen molar-refractivity contribution < 1.29 is 0 Å². The van der Waals surface area contributed by atoms with E-state index in [-0.39, 0.29) is 0 Å². The third kappa shape index (κ3) is 2.26. The first kappa shape index (κ1) is 9.86. The number of nitrogens with one attached hydrogen (secondary N) is 1. The molecular weight excluding hydrogens is 202 g/mol. The number of rotatable bonds is 4. The molecule has 0 bridgehead atoms. The largest absolute Gasteiger partial charge is 0.306 e. The van der Waals surface area contributed by atoms with Gasteiger partial charge in [-0.3, -0.25) is 0 Å². The molecule has 2 aliphatic carbocycles. The zero-order chi connectivity index (χ0) is 10.1. The van der Waals surface area contributed by atoms with Gasteiger partial charge in [-0.25, -0.2) is 0 Å². The van der Waals surface area contributed by atoms with Gasteiger partial charge in [-0.2, -0.15) is 0 Å². The fourth-order valence-corrected chi connectivity index (χ4v) is 3.59. The number of thiophene rings is 1. The van der Waals surface area contributed by atoms with Gasteiger partial charge in [0.15, 0.2) is 0 Å². The lowest BCUT2D eigenvalue weighted by Crippen LogP contribution is -2.28. The van der Waals surface area contributed by atoms with Gasteiger partial charge in [0.1, 0.15) is 0 Å². The summed E-state index contributed by atoms with van der Waals surface area (Å²) in [5.74, 6) is 0.907. The lowest BCUT2D eigenvalue weighted by atomic mass is 9.96. The molecule has 1 N–H and O–H groups in total. The summed E-state index contributed by atoms with van der Waals surface area (Å²) in [7, 11) is 0. The van der Waals surface area contributed by atoms with E-state index in [2.05, 4.69) is 22.8 Å². The van der Waals surface area contributed by atoms with E-state index in [0.29, 0.717) is 6.04 Å². The first-order valence-electron chi connectivity index (χ1n) is 6.23. The summed E-state index contributed by atoms with van der Waals surface area (Å²) >= 11 is 1.93. The van der Waals surface area contributed by atoms with Crippen LogP contribution in [0.2, 0.25) is 0 Å². The van der Waals surface area contributed by atoms with Gasteiger partial charge in [-0.15, -0.1) is 11.3 Å². The topological polar surface area (TPSA) is 12.0 Å². The molecule has 1 heterocycles. The van der Waals surface area contributed by atoms with Crippen LogP contribution in [0.3, 0.4) is 0 Å². The van der Waals surface area contributed by atoms with Crippen LogP contribution in [-0.2, 0) is 0 Å². The molecule has 0 radical (unpaired) electrons. The van der Waals surface area contributed by atoms with E-state index >= 15 is 0 Å². The molecule has 2 heteroatoms. The van der Waals surface area contributed by atoms with Crippen molar-refractivity contribution in [1.82, 2.24) is 5.32 Å². The fraction of sp³-hybridized carbons (Fsp3) is 0.692. The normalized spacial score (nSPS) is 24.5. The Hall–Kier alpha value is -0.340. The molecule has 1 aromatic heterocycles. The Bertz CT molecular complexity index is 296. The molecule has 0 aliphatic heterocycles. The van der Waals surface area contributed by atoms with Crippen LogP contribution in [0.5, 0.6) is 0 Å². The number of hydrogen-bond acceptors (Lipinski definition) is 2. The summed E-state index contributed by atoms with van der Waals surface area (Å²) in [5, 5.41) is 6.06. The molecular formula is C13H19NS. The van der Waals surface area contributed by atoms with Gasteiger partial charge in [-0.05, 0) is 43.0 Å². The lowest BCUT2D eigenvalue weighted by molar-refractivity contribution is 0.370. The summed E-state index contributed by atoms with van der Waals surface area (Å²) in [4.78, 5) is 1.56. The minimum Gasteiger partial charge on any atom is -0.306 e. The maximum atomic E-state index is 3.85. The van der Waals surface area contributed by atoms with E-state index in [1.54, 1.807) is 4.88 Å². The summed E-state index contributed by atoms with van der Waals surface area (Å²) in [6.07, 6.45) is 8.55. The van der Waals surface area contributed by atoms with E-state index in [4.69, 9.17) is 0 Å². The van der Waals surface area contributed by atoms with Gasteiger partial charge < -0.3 is 5.32 Å². The van der Waals surface area contributed by atoms with E-state index in [1.807, 2.05) is 11.3 Å². The quantitative estimate of drug-likeness (QED) is 0.817. The van der Waals surface area contributed by atoms with Crippen molar-refractivity contribution >= 4 is 11.3 Å². The SMILES string of the molecule is c1csc(C(NC2CC2)C2CCCC2)c1. The van der Waals surface area contributed by atoms with Crippen molar-refractivity contribution in [2.24, 2.45) is 5.92 Å². The van der Waals surface area contributed by atoms with Crippen LogP contribution >= 0.6 is 11.3 Å². The van der Waals surface area contributed by atoms with Gasteiger partial charge in [0.2, 0.25) is 0 Å². The first-order chi connectivity index (χ1) is 7.43. The summed E-state index contributed by atoms with van der Waals surface area (Å²) < 4.78 is 0. The Kier molecular flexibility index (Phi) is 2.80. The second-order valence-corrected chi connectivity index (χ2v) is 5.96. The molecule has 0 amide bonds. The standard InChI is InChI=1S/C13H19NS/c1-2-5-10(4-1)13(14-11-7-8-11)12-6-3-9-15-12/h3,6,9-11,13-14H,1-2,4-5,7-8H2. The Balaban J connectivity index is 1.74. The van der Waals surface area contributed by atoms with Crippen LogP contribution in [0.15, 0.2) is 17.5 Å². The third-order valence-corrected chi connectivity index (χ3v) is 4.67. The third-order valence-electron chi connectivity index (χ3n) is 3.71. The maximum absolute atomic E-state index is 3.85. The highest BCUT2D eigenvalue weighted by Crippen LogP contribution is 2.39. The average Bonchev–Trinajstić information content (AvgIpc) is 2.77. The highest BCUT2D eigenvalue weighted by atomic mass is 32.1. The molecule has 0 spiro atoms. The van der Waals surface area contributed by atoms with Gasteiger partial charge in [-0.1, -0.05) is 18.9 Å². The lowest BCUT2D eigenvalue weighted by Gasteiger charge is -2.23. The molecule has 1 aromatic rings. The van der Waals surface area contributed by atoms with Crippen molar-refractivity contribution in [2.45, 2.75) is 50.6 Å². The monoisotopic (exact) mass is 221 g/mol. The van der Waals surface area contributed by atoms with Crippen LogP contribution in [0.4, 0.5) is 0 Å². The molecule has 2 fully saturated rings. The van der Waals surface area contributed by atoms with Crippen LogP contribution in [0, 0.1) is 5.92 Å². The van der Waals surface area contributed by atoms with Gasteiger partial charge in [0, 0.05) is 17.0 Å². The molecule has 1 unspecified atom stereocenters. The molecule has 2 saturated carbocycles. The van der Waals surface area contributed by atoms with Gasteiger partial charge in [0.25, 0.3) is 0 Å². The van der Waals surface area contributed by atoms with Crippen molar-refractivity contribution in [3.8, 4) is 0 Å². The zero-order valence-corrected chi connectivity index (χ0v) is 9.93. The highest BCUT2D eigenvalue weighted by Gasteiger charge is 2.32. The minimum absolute atomic E-state index is 0.667. The van der Waals surface area contributed by atoms with Crippen molar-refractivity contribution in [3.05, 3.63) is 22.4 Å². The highest BCUT2D eigenvalue weighted by molar-refractivity contribution is 7.10. The second kappa shape index (κ2) is 4.26. The summed E-state index contributed by atoms with van der Waals surface area (Å²) in [6.45, 7) is 0. The van der Waals surface area contributed by atoms with Crippen LogP contribution in [0.1, 0.15) is 49.4 Å². The Morgan fingerprint density at radius 2 is 2.00 bits per heavy atom. The van der Waals surface area contributed by atoms with E-state index < -0.39 is 0 Å². The number of hydrogen-bond donors (Lipinski definition) is 1. The molecule has 0 saturated heterocycles. The molecule has 3 rings (SSSR count). The molecule has 82 valence electrons. The van der Waals surface area contributed by atoms with Crippen LogP contribution < -0.4 is 5.32 Å². The molecule has 1 nitrogen and oxygen atoms in total. The van der Waals surface area contributed by atoms with Crippen molar-refractivity contribution in [1.29, 1.82) is 0 Å². The average molecular weight is 221 g/mol. The molecule has 0 aromatic carbocycles. The van der Waals surface area contributed by atoms with E-state index in [9.17, 15) is 0 Å². The summed E-state index contributed by atoms with van der Waals surface area (Å²) in [6, 6.07) is 6.00. The second-order valence-electron chi connectivity index (χ2n) is 4.98. The minimum atomic E-state index is 0.667. The van der Waals surface area contributed by atoms with Crippen molar-refractivity contribution in [2.75, 3.05) is 0 Å². The predicted molar refractivity (Wildman–Crippen MR) is 65.2 cm³/mol. The molecule has 2 aliphatic rings. The Morgan fingerprint density at radius 1 is 1.20 bits per heavy atom. The van der Waals surface area contributed by atoms with E-state index in [0.717, 1.165) is 12.0 Å². The predicted octanol–water partition coefficient (Wildman–Crippen LogP) is 3.73. The molecule has 15 heavy (non-hydrogen) atoms. The Labute approximate surface area is 95.9 Å². The van der Waals surface area contributed by atoms with Gasteiger partial charge >= 0.3 is 0 Å². The summed E-state index contributed by atoms with van der Waals surface area (Å²) in [5.41, 5.74) is 0. The fourth-order valence-electron chi connectivity index (χ4n) is 2.71. The van der Waals surface area contributed by atoms with Crippen molar-refractivity contribution in [3.63, 3.8) is 0 Å². The molecule has 1 atom stereocenters. The van der Waals surface area contributed by atoms with Crippen LogP contribution in [0.25, 0.3) is 0 Å².